The third-order valence-electron chi connectivity index (χ3n) is 15.1. The summed E-state index contributed by atoms with van der Waals surface area (Å²) in [6.45, 7) is 7.92. The summed E-state index contributed by atoms with van der Waals surface area (Å²) in [7, 11) is 0. The summed E-state index contributed by atoms with van der Waals surface area (Å²) in [5.74, 6) is 3.62. The van der Waals surface area contributed by atoms with E-state index in [2.05, 4.69) is 266 Å². The molecule has 0 atom stereocenters. The molecule has 8 heteroatoms. The number of hydrogen-bond donors (Lipinski definition) is 0. The van der Waals surface area contributed by atoms with Gasteiger partial charge >= 0.3 is 0 Å². The van der Waals surface area contributed by atoms with Crippen molar-refractivity contribution in [1.29, 1.82) is 0 Å². The van der Waals surface area contributed by atoms with Crippen molar-refractivity contribution < 1.29 is 18.9 Å². The van der Waals surface area contributed by atoms with Crippen LogP contribution in [-0.2, 0) is 25.7 Å². The van der Waals surface area contributed by atoms with E-state index < -0.39 is 0 Å². The Kier molecular flexibility index (Phi) is 20.1. The van der Waals surface area contributed by atoms with Crippen molar-refractivity contribution in [3.8, 4) is 23.0 Å². The Morgan fingerprint density at radius 1 is 0.326 bits per heavy atom. The van der Waals surface area contributed by atoms with E-state index in [1.165, 1.54) is 22.3 Å². The molecular formula is C78H76N4O4. The van der Waals surface area contributed by atoms with Crippen LogP contribution < -0.4 is 28.7 Å². The minimum absolute atomic E-state index is 0.529. The third kappa shape index (κ3) is 15.6. The highest BCUT2D eigenvalue weighted by Crippen LogP contribution is 2.38. The smallest absolute Gasteiger partial charge is 0.126 e. The fourth-order valence-electron chi connectivity index (χ4n) is 11.2. The molecular weight excluding hydrogens is 1060 g/mol. The molecule has 11 rings (SSSR count). The molecule has 0 heterocycles. The molecule has 0 radical (unpaired) electrons. The Balaban J connectivity index is 0.803. The number of aliphatic imine (C=N–C) groups is 2. The van der Waals surface area contributed by atoms with Crippen LogP contribution in [0.25, 0.3) is 0 Å². The lowest BCUT2D eigenvalue weighted by Gasteiger charge is -2.25. The lowest BCUT2D eigenvalue weighted by atomic mass is 9.92. The molecule has 0 unspecified atom stereocenters. The highest BCUT2D eigenvalue weighted by Gasteiger charge is 2.19. The van der Waals surface area contributed by atoms with Crippen LogP contribution in [0.1, 0.15) is 95.2 Å². The van der Waals surface area contributed by atoms with Crippen LogP contribution in [0, 0.1) is 0 Å². The fourth-order valence-corrected chi connectivity index (χ4v) is 11.2. The van der Waals surface area contributed by atoms with Crippen molar-refractivity contribution in [2.75, 3.05) is 49.3 Å². The molecule has 10 aromatic carbocycles. The number of para-hydroxylation sites is 6. The topological polar surface area (TPSA) is 68.1 Å². The zero-order valence-corrected chi connectivity index (χ0v) is 49.6. The maximum Gasteiger partial charge on any atom is 0.126 e. The monoisotopic (exact) mass is 1130 g/mol. The maximum absolute atomic E-state index is 6.93. The fraction of sp³-hybridized carbons (Fsp3) is 0.205. The molecule has 1 aliphatic carbocycles. The van der Waals surface area contributed by atoms with E-state index in [0.717, 1.165) is 116 Å². The van der Waals surface area contributed by atoms with Gasteiger partial charge in [-0.3, -0.25) is 9.98 Å². The number of fused-ring (bicyclic) bond motifs is 8. The van der Waals surface area contributed by atoms with Crippen molar-refractivity contribution in [3.63, 3.8) is 0 Å². The SMILES string of the molecule is CCCOc1cc2cc(c1)Cc1cccc(c1OCCCN=Cc1ccc(N(c3ccccc3)c3ccccc3)cc1)Cc1cc(cc(OCCC)c1)Cc1cccc(c1OCCCN=Cc1ccc(N(c3ccccc3)c3ccccc3)cc1)C2. The lowest BCUT2D eigenvalue weighted by Crippen LogP contribution is -2.09. The molecule has 8 nitrogen and oxygen atoms in total. The number of rotatable bonds is 24. The van der Waals surface area contributed by atoms with Crippen LogP contribution in [0.5, 0.6) is 23.0 Å². The van der Waals surface area contributed by atoms with Gasteiger partial charge in [0.1, 0.15) is 23.0 Å². The Morgan fingerprint density at radius 2 is 0.628 bits per heavy atom. The van der Waals surface area contributed by atoms with Crippen LogP contribution in [0.3, 0.4) is 0 Å². The van der Waals surface area contributed by atoms with Crippen molar-refractivity contribution in [2.24, 2.45) is 9.98 Å². The second-order valence-electron chi connectivity index (χ2n) is 21.9. The Labute approximate surface area is 508 Å². The average molecular weight is 1130 g/mol. The first-order valence-corrected chi connectivity index (χ1v) is 30.5. The van der Waals surface area contributed by atoms with Gasteiger partial charge < -0.3 is 28.7 Å². The van der Waals surface area contributed by atoms with E-state index in [1.807, 2.05) is 12.4 Å². The van der Waals surface area contributed by atoms with E-state index in [4.69, 9.17) is 28.9 Å². The van der Waals surface area contributed by atoms with Gasteiger partial charge in [0.05, 0.1) is 26.4 Å². The predicted molar refractivity (Wildman–Crippen MR) is 356 cm³/mol. The minimum atomic E-state index is 0.529. The molecule has 8 bridgehead atoms. The van der Waals surface area contributed by atoms with E-state index >= 15 is 0 Å². The van der Waals surface area contributed by atoms with Gasteiger partial charge in [0.25, 0.3) is 0 Å². The Hall–Kier alpha value is -9.66. The molecule has 0 aliphatic heterocycles. The molecule has 0 spiro atoms. The molecule has 10 aromatic rings. The summed E-state index contributed by atoms with van der Waals surface area (Å²) in [6, 6.07) is 85.8. The van der Waals surface area contributed by atoms with Gasteiger partial charge in [-0.25, -0.2) is 0 Å². The molecule has 86 heavy (non-hydrogen) atoms. The molecule has 432 valence electrons. The van der Waals surface area contributed by atoms with Crippen molar-refractivity contribution in [1.82, 2.24) is 0 Å². The summed E-state index contributed by atoms with van der Waals surface area (Å²) in [6.07, 6.45) is 10.0. The first kappa shape index (κ1) is 58.1. The Morgan fingerprint density at radius 3 is 0.930 bits per heavy atom. The van der Waals surface area contributed by atoms with Gasteiger partial charge in [-0.2, -0.15) is 0 Å². The molecule has 0 amide bonds. The van der Waals surface area contributed by atoms with Gasteiger partial charge in [0, 0.05) is 98.2 Å². The number of hydrogen-bond acceptors (Lipinski definition) is 8. The van der Waals surface area contributed by atoms with Gasteiger partial charge in [-0.1, -0.05) is 159 Å². The first-order valence-electron chi connectivity index (χ1n) is 30.5. The van der Waals surface area contributed by atoms with Crippen LogP contribution >= 0.6 is 0 Å². The van der Waals surface area contributed by atoms with Crippen molar-refractivity contribution in [2.45, 2.75) is 65.2 Å². The van der Waals surface area contributed by atoms with Crippen molar-refractivity contribution >= 4 is 46.6 Å². The molecule has 0 fully saturated rings. The standard InChI is InChI=1S/C78H76N4O4/c1-3-43-83-75-53-61-47-62(54-75)50-66-22-18-24-68(78(66)86-46-20-42-80-58-60-35-39-74(40-36-60)82(71-29-13-7-14-30-71)72-31-15-8-16-32-72)52-64-48-63(55-76(56-64)84-44-4-2)51-67-23-17-21-65(49-61)77(67)85-45-19-41-79-57-59-33-37-73(38-34-59)81(69-25-9-5-10-26-69)70-27-11-6-12-28-70/h5-18,21-40,47-48,53-58H,3-4,19-20,41-46,49-52H2,1-2H3. The van der Waals surface area contributed by atoms with Crippen LogP contribution in [-0.4, -0.2) is 51.9 Å². The zero-order chi connectivity index (χ0) is 58.5. The minimum Gasteiger partial charge on any atom is -0.494 e. The summed E-state index contributed by atoms with van der Waals surface area (Å²) >= 11 is 0. The molecule has 0 saturated carbocycles. The number of ether oxygens (including phenoxy) is 4. The average Bonchev–Trinajstić information content (AvgIpc) is 3.16. The highest BCUT2D eigenvalue weighted by atomic mass is 16.5. The number of anilines is 6. The molecule has 1 aliphatic rings. The third-order valence-corrected chi connectivity index (χ3v) is 15.1. The van der Waals surface area contributed by atoms with Crippen LogP contribution in [0.2, 0.25) is 0 Å². The van der Waals surface area contributed by atoms with Gasteiger partial charge in [-0.05, 0) is 166 Å². The highest BCUT2D eigenvalue weighted by molar-refractivity contribution is 5.84. The van der Waals surface area contributed by atoms with Gasteiger partial charge in [0.15, 0.2) is 0 Å². The lowest BCUT2D eigenvalue weighted by molar-refractivity contribution is 0.307. The normalized spacial score (nSPS) is 12.0. The summed E-state index contributed by atoms with van der Waals surface area (Å²) in [5, 5.41) is 0. The summed E-state index contributed by atoms with van der Waals surface area (Å²) in [5.41, 5.74) is 18.0. The Bertz CT molecular complexity index is 3380. The van der Waals surface area contributed by atoms with Crippen LogP contribution in [0.4, 0.5) is 34.1 Å². The molecule has 0 saturated heterocycles. The second-order valence-corrected chi connectivity index (χ2v) is 21.9. The van der Waals surface area contributed by atoms with E-state index in [9.17, 15) is 0 Å². The van der Waals surface area contributed by atoms with E-state index in [-0.39, 0.29) is 0 Å². The number of nitrogens with zero attached hydrogens (tertiary/aromatic N) is 4. The van der Waals surface area contributed by atoms with Gasteiger partial charge in [-0.15, -0.1) is 0 Å². The molecule has 0 aromatic heterocycles. The summed E-state index contributed by atoms with van der Waals surface area (Å²) in [4.78, 5) is 14.3. The van der Waals surface area contributed by atoms with Crippen LogP contribution in [0.15, 0.2) is 253 Å². The first-order chi connectivity index (χ1) is 42.5. The van der Waals surface area contributed by atoms with E-state index in [0.29, 0.717) is 65.2 Å². The summed E-state index contributed by atoms with van der Waals surface area (Å²) < 4.78 is 26.7. The van der Waals surface area contributed by atoms with Crippen molar-refractivity contribution in [3.05, 3.63) is 298 Å². The maximum atomic E-state index is 6.93. The quantitative estimate of drug-likeness (QED) is 0.0444. The second kappa shape index (κ2) is 29.7. The number of benzene rings is 10. The zero-order valence-electron chi connectivity index (χ0n) is 49.6. The predicted octanol–water partition coefficient (Wildman–Crippen LogP) is 18.7. The molecule has 0 N–H and O–H groups in total. The van der Waals surface area contributed by atoms with Gasteiger partial charge in [0.2, 0.25) is 0 Å². The largest absolute Gasteiger partial charge is 0.494 e. The van der Waals surface area contributed by atoms with E-state index in [1.54, 1.807) is 0 Å².